The van der Waals surface area contributed by atoms with Crippen LogP contribution in [-0.2, 0) is 4.79 Å². The minimum atomic E-state index is -0.257. The second-order valence-corrected chi connectivity index (χ2v) is 4.49. The molecule has 1 aliphatic heterocycles. The van der Waals surface area contributed by atoms with Gasteiger partial charge >= 0.3 is 0 Å². The quantitative estimate of drug-likeness (QED) is 0.850. The van der Waals surface area contributed by atoms with Crippen LogP contribution >= 0.6 is 0 Å². The predicted molar refractivity (Wildman–Crippen MR) is 63.9 cm³/mol. The summed E-state index contributed by atoms with van der Waals surface area (Å²) in [6, 6.07) is 4.32. The van der Waals surface area contributed by atoms with Crippen LogP contribution in [0.1, 0.15) is 30.5 Å². The lowest BCUT2D eigenvalue weighted by Crippen LogP contribution is -2.33. The normalized spacial score (nSPS) is 24.5. The summed E-state index contributed by atoms with van der Waals surface area (Å²) >= 11 is 0. The highest BCUT2D eigenvalue weighted by Crippen LogP contribution is 2.33. The second kappa shape index (κ2) is 4.45. The standard InChI is InChI=1S/C13H17FN2O/c1-3-16-12(17)7-11(15)13(16)10-5-4-9(14)6-8(10)2/h4-6,11,13H,3,7,15H2,1-2H3. The highest BCUT2D eigenvalue weighted by molar-refractivity contribution is 5.80. The summed E-state index contributed by atoms with van der Waals surface area (Å²) in [7, 11) is 0. The average Bonchev–Trinajstić information content (AvgIpc) is 2.53. The smallest absolute Gasteiger partial charge is 0.224 e. The topological polar surface area (TPSA) is 46.3 Å². The van der Waals surface area contributed by atoms with Crippen LogP contribution in [-0.4, -0.2) is 23.4 Å². The zero-order valence-electron chi connectivity index (χ0n) is 10.1. The van der Waals surface area contributed by atoms with Crippen LogP contribution in [0, 0.1) is 12.7 Å². The zero-order valence-corrected chi connectivity index (χ0v) is 10.1. The molecule has 1 aliphatic rings. The third-order valence-corrected chi connectivity index (χ3v) is 3.36. The fourth-order valence-corrected chi connectivity index (χ4v) is 2.56. The molecule has 1 aromatic carbocycles. The SMILES string of the molecule is CCN1C(=O)CC(N)C1c1ccc(F)cc1C. The van der Waals surface area contributed by atoms with E-state index in [-0.39, 0.29) is 23.8 Å². The molecule has 2 rings (SSSR count). The van der Waals surface area contributed by atoms with Crippen LogP contribution in [0.5, 0.6) is 0 Å². The molecule has 2 unspecified atom stereocenters. The van der Waals surface area contributed by atoms with Crippen LogP contribution in [0.4, 0.5) is 4.39 Å². The Morgan fingerprint density at radius 1 is 1.53 bits per heavy atom. The highest BCUT2D eigenvalue weighted by Gasteiger charge is 2.38. The number of benzene rings is 1. The highest BCUT2D eigenvalue weighted by atomic mass is 19.1. The Bertz CT molecular complexity index is 447. The van der Waals surface area contributed by atoms with Gasteiger partial charge in [0.05, 0.1) is 6.04 Å². The van der Waals surface area contributed by atoms with Crippen LogP contribution in [0.3, 0.4) is 0 Å². The Hall–Kier alpha value is -1.42. The summed E-state index contributed by atoms with van der Waals surface area (Å²) in [5, 5.41) is 0. The lowest BCUT2D eigenvalue weighted by atomic mass is 9.96. The molecule has 2 N–H and O–H groups in total. The van der Waals surface area contributed by atoms with Crippen molar-refractivity contribution in [2.24, 2.45) is 5.73 Å². The van der Waals surface area contributed by atoms with Crippen LogP contribution in [0.2, 0.25) is 0 Å². The largest absolute Gasteiger partial charge is 0.334 e. The first-order valence-electron chi connectivity index (χ1n) is 5.85. The van der Waals surface area contributed by atoms with E-state index in [0.717, 1.165) is 11.1 Å². The van der Waals surface area contributed by atoms with E-state index >= 15 is 0 Å². The molecule has 17 heavy (non-hydrogen) atoms. The molecule has 0 spiro atoms. The van der Waals surface area contributed by atoms with Crippen molar-refractivity contribution in [3.63, 3.8) is 0 Å². The fraction of sp³-hybridized carbons (Fsp3) is 0.462. The molecule has 0 saturated carbocycles. The van der Waals surface area contributed by atoms with Crippen molar-refractivity contribution in [2.45, 2.75) is 32.4 Å². The van der Waals surface area contributed by atoms with E-state index in [1.165, 1.54) is 12.1 Å². The first-order chi connectivity index (χ1) is 8.04. The number of hydrogen-bond acceptors (Lipinski definition) is 2. The number of nitrogens with two attached hydrogens (primary N) is 1. The minimum Gasteiger partial charge on any atom is -0.334 e. The molecule has 2 atom stereocenters. The van der Waals surface area contributed by atoms with E-state index in [9.17, 15) is 9.18 Å². The van der Waals surface area contributed by atoms with E-state index in [0.29, 0.717) is 13.0 Å². The summed E-state index contributed by atoms with van der Waals surface area (Å²) in [5.74, 6) is -0.180. The number of likely N-dealkylation sites (N-methyl/N-ethyl adjacent to an activating group) is 1. The predicted octanol–water partition coefficient (Wildman–Crippen LogP) is 1.75. The number of aryl methyl sites for hydroxylation is 1. The van der Waals surface area contributed by atoms with Gasteiger partial charge in [0, 0.05) is 19.0 Å². The van der Waals surface area contributed by atoms with Gasteiger partial charge in [0.15, 0.2) is 0 Å². The van der Waals surface area contributed by atoms with E-state index in [1.807, 2.05) is 13.8 Å². The molecule has 1 saturated heterocycles. The van der Waals surface area contributed by atoms with E-state index < -0.39 is 0 Å². The molecule has 0 bridgehead atoms. The van der Waals surface area contributed by atoms with Crippen molar-refractivity contribution in [3.05, 3.63) is 35.1 Å². The maximum Gasteiger partial charge on any atom is 0.224 e. The van der Waals surface area contributed by atoms with Gasteiger partial charge in [-0.15, -0.1) is 0 Å². The summed E-state index contributed by atoms with van der Waals surface area (Å²) in [6.07, 6.45) is 0.370. The van der Waals surface area contributed by atoms with E-state index in [4.69, 9.17) is 5.73 Å². The molecular weight excluding hydrogens is 219 g/mol. The van der Waals surface area contributed by atoms with Crippen molar-refractivity contribution in [3.8, 4) is 0 Å². The molecule has 1 heterocycles. The van der Waals surface area contributed by atoms with Gasteiger partial charge in [-0.05, 0) is 37.1 Å². The van der Waals surface area contributed by atoms with Crippen LogP contribution in [0.25, 0.3) is 0 Å². The summed E-state index contributed by atoms with van der Waals surface area (Å²) < 4.78 is 13.1. The Labute approximate surface area is 100 Å². The van der Waals surface area contributed by atoms with Crippen LogP contribution in [0.15, 0.2) is 18.2 Å². The summed E-state index contributed by atoms with van der Waals surface area (Å²) in [6.45, 7) is 4.41. The van der Waals surface area contributed by atoms with Crippen molar-refractivity contribution in [1.82, 2.24) is 4.90 Å². The lowest BCUT2D eigenvalue weighted by Gasteiger charge is -2.27. The molecule has 4 heteroatoms. The van der Waals surface area contributed by atoms with Crippen LogP contribution < -0.4 is 5.73 Å². The molecule has 92 valence electrons. The Kier molecular flexibility index (Phi) is 3.15. The minimum absolute atomic E-state index is 0.0775. The molecule has 0 aromatic heterocycles. The molecule has 3 nitrogen and oxygen atoms in total. The Balaban J connectivity index is 2.41. The number of carbonyl (C=O) groups excluding carboxylic acids is 1. The van der Waals surface area contributed by atoms with Crippen molar-refractivity contribution < 1.29 is 9.18 Å². The number of hydrogen-bond donors (Lipinski definition) is 1. The number of likely N-dealkylation sites (tertiary alicyclic amines) is 1. The van der Waals surface area contributed by atoms with Gasteiger partial charge in [-0.1, -0.05) is 6.07 Å². The van der Waals surface area contributed by atoms with Crippen molar-refractivity contribution in [1.29, 1.82) is 0 Å². The molecule has 1 amide bonds. The van der Waals surface area contributed by atoms with Gasteiger partial charge in [-0.3, -0.25) is 4.79 Å². The number of rotatable bonds is 2. The van der Waals surface area contributed by atoms with Gasteiger partial charge in [0.1, 0.15) is 5.82 Å². The number of halogens is 1. The summed E-state index contributed by atoms with van der Waals surface area (Å²) in [4.78, 5) is 13.5. The molecular formula is C13H17FN2O. The second-order valence-electron chi connectivity index (χ2n) is 4.49. The zero-order chi connectivity index (χ0) is 12.6. The third kappa shape index (κ3) is 2.05. The fourth-order valence-electron chi connectivity index (χ4n) is 2.56. The lowest BCUT2D eigenvalue weighted by molar-refractivity contribution is -0.128. The summed E-state index contributed by atoms with van der Waals surface area (Å²) in [5.41, 5.74) is 7.81. The maximum absolute atomic E-state index is 13.1. The average molecular weight is 236 g/mol. The van der Waals surface area contributed by atoms with Gasteiger partial charge in [0.2, 0.25) is 5.91 Å². The van der Waals surface area contributed by atoms with E-state index in [1.54, 1.807) is 11.0 Å². The molecule has 1 aromatic rings. The van der Waals surface area contributed by atoms with Crippen molar-refractivity contribution in [2.75, 3.05) is 6.54 Å². The molecule has 1 fully saturated rings. The van der Waals surface area contributed by atoms with Gasteiger partial charge in [-0.2, -0.15) is 0 Å². The maximum atomic E-state index is 13.1. The monoisotopic (exact) mass is 236 g/mol. The number of carbonyl (C=O) groups is 1. The van der Waals surface area contributed by atoms with Gasteiger partial charge < -0.3 is 10.6 Å². The molecule has 0 radical (unpaired) electrons. The number of nitrogens with zero attached hydrogens (tertiary/aromatic N) is 1. The number of amides is 1. The van der Waals surface area contributed by atoms with E-state index in [2.05, 4.69) is 0 Å². The Morgan fingerprint density at radius 2 is 2.24 bits per heavy atom. The molecule has 0 aliphatic carbocycles. The Morgan fingerprint density at radius 3 is 2.82 bits per heavy atom. The third-order valence-electron chi connectivity index (χ3n) is 3.36. The first-order valence-corrected chi connectivity index (χ1v) is 5.85. The first kappa shape index (κ1) is 12.0. The van der Waals surface area contributed by atoms with Gasteiger partial charge in [-0.25, -0.2) is 4.39 Å². The van der Waals surface area contributed by atoms with Gasteiger partial charge in [0.25, 0.3) is 0 Å². The van der Waals surface area contributed by atoms with Crippen molar-refractivity contribution >= 4 is 5.91 Å².